The minimum Gasteiger partial charge on any atom is -0.385 e. The van der Waals surface area contributed by atoms with Gasteiger partial charge in [-0.1, -0.05) is 146 Å². The van der Waals surface area contributed by atoms with Crippen LogP contribution in [0.1, 0.15) is 105 Å². The van der Waals surface area contributed by atoms with Crippen LogP contribution in [-0.4, -0.2) is 20.1 Å². The van der Waals surface area contributed by atoms with Crippen molar-refractivity contribution in [2.45, 2.75) is 117 Å². The molecule has 0 spiro atoms. The molecule has 0 saturated heterocycles. The molecule has 0 heterocycles. The third-order valence-electron chi connectivity index (χ3n) is 8.97. The highest BCUT2D eigenvalue weighted by Crippen LogP contribution is 2.30. The number of aryl methyl sites for hydroxylation is 1. The molecule has 5 nitrogen and oxygen atoms in total. The third kappa shape index (κ3) is 19.5. The third-order valence-corrected chi connectivity index (χ3v) is 9.98. The summed E-state index contributed by atoms with van der Waals surface area (Å²) in [5.41, 5.74) is 15.6. The standard InChI is InChI=1S/C37H40N4S.C8H10.3C2H6.CH5N/c1-2-8-29-11-6-7-12-31(29)26-41-35-14-13-30(24-38)32(23-35)27-40-34-17-21-37(22-18-34)42-36-19-15-33(16-20-36)39-25-28-9-4-3-5-10-28;1-2-8-6-4-3-5-7-8;4*1-2/h3-6,9-11,15-23,39-41H,2,7-8,12-14,25-27H2,1H3;3-7H,2H2,1H3;3*1-2H3;2H2,1H3. The Hall–Kier alpha value is -4.96. The number of rotatable bonds is 14. The molecule has 2 aliphatic rings. The van der Waals surface area contributed by atoms with E-state index in [4.69, 9.17) is 0 Å². The van der Waals surface area contributed by atoms with E-state index in [1.165, 1.54) is 51.2 Å². The lowest BCUT2D eigenvalue weighted by Gasteiger charge is -2.22. The van der Waals surface area contributed by atoms with Gasteiger partial charge in [-0.2, -0.15) is 5.26 Å². The zero-order valence-corrected chi connectivity index (χ0v) is 37.9. The summed E-state index contributed by atoms with van der Waals surface area (Å²) in [6.07, 6.45) is 14.2. The highest BCUT2D eigenvalue weighted by atomic mass is 32.2. The number of benzene rings is 4. The fourth-order valence-electron chi connectivity index (χ4n) is 6.06. The van der Waals surface area contributed by atoms with E-state index in [2.05, 4.69) is 157 Å². The Balaban J connectivity index is 0.000000901. The normalized spacial score (nSPS) is 12.4. The van der Waals surface area contributed by atoms with E-state index in [9.17, 15) is 5.26 Å². The fraction of sp³-hybridized carbons (Fsp3) is 0.365. The van der Waals surface area contributed by atoms with Crippen molar-refractivity contribution >= 4 is 23.1 Å². The van der Waals surface area contributed by atoms with Gasteiger partial charge in [0, 0.05) is 52.1 Å². The summed E-state index contributed by atoms with van der Waals surface area (Å²) < 4.78 is 0. The van der Waals surface area contributed by atoms with Crippen LogP contribution < -0.4 is 21.7 Å². The molecular formula is C52H73N5S. The van der Waals surface area contributed by atoms with Crippen molar-refractivity contribution in [1.29, 1.82) is 5.26 Å². The summed E-state index contributed by atoms with van der Waals surface area (Å²) >= 11 is 1.76. The molecule has 0 bridgehead atoms. The molecule has 4 aromatic carbocycles. The summed E-state index contributed by atoms with van der Waals surface area (Å²) in [7, 11) is 1.50. The van der Waals surface area contributed by atoms with Crippen LogP contribution in [0.3, 0.4) is 0 Å². The predicted molar refractivity (Wildman–Crippen MR) is 258 cm³/mol. The van der Waals surface area contributed by atoms with Crippen molar-refractivity contribution in [2.75, 3.05) is 30.8 Å². The van der Waals surface area contributed by atoms with Crippen molar-refractivity contribution < 1.29 is 0 Å². The zero-order chi connectivity index (χ0) is 42.8. The van der Waals surface area contributed by atoms with Gasteiger partial charge in [0.25, 0.3) is 0 Å². The topological polar surface area (TPSA) is 85.9 Å². The van der Waals surface area contributed by atoms with Crippen LogP contribution >= 0.6 is 11.8 Å². The molecule has 0 unspecified atom stereocenters. The van der Waals surface area contributed by atoms with Gasteiger partial charge in [-0.15, -0.1) is 0 Å². The lowest BCUT2D eigenvalue weighted by molar-refractivity contribution is 0.732. The Kier molecular flexibility index (Phi) is 29.1. The van der Waals surface area contributed by atoms with Gasteiger partial charge in [-0.05, 0) is 128 Å². The molecule has 0 aromatic heterocycles. The summed E-state index contributed by atoms with van der Waals surface area (Å²) in [5, 5.41) is 20.5. The van der Waals surface area contributed by atoms with Gasteiger partial charge < -0.3 is 21.7 Å². The summed E-state index contributed by atoms with van der Waals surface area (Å²) in [5.74, 6) is 0. The molecule has 5 N–H and O–H groups in total. The van der Waals surface area contributed by atoms with Gasteiger partial charge in [0.05, 0.1) is 6.07 Å². The largest absolute Gasteiger partial charge is 0.385 e. The van der Waals surface area contributed by atoms with Gasteiger partial charge in [0.2, 0.25) is 0 Å². The maximum absolute atomic E-state index is 9.74. The number of hydrogen-bond donors (Lipinski definition) is 4. The maximum atomic E-state index is 9.74. The first-order chi connectivity index (χ1) is 28.6. The van der Waals surface area contributed by atoms with Crippen molar-refractivity contribution in [2.24, 2.45) is 5.73 Å². The van der Waals surface area contributed by atoms with Crippen LogP contribution in [0, 0.1) is 11.3 Å². The Morgan fingerprint density at radius 3 is 1.64 bits per heavy atom. The monoisotopic (exact) mass is 800 g/mol. The lowest BCUT2D eigenvalue weighted by atomic mass is 9.93. The van der Waals surface area contributed by atoms with Crippen LogP contribution in [0.25, 0.3) is 0 Å². The maximum Gasteiger partial charge on any atom is 0.0950 e. The molecule has 0 radical (unpaired) electrons. The highest BCUT2D eigenvalue weighted by Gasteiger charge is 2.15. The van der Waals surface area contributed by atoms with Crippen LogP contribution in [0.2, 0.25) is 0 Å². The van der Waals surface area contributed by atoms with Gasteiger partial charge in [0.15, 0.2) is 0 Å². The first-order valence-electron chi connectivity index (χ1n) is 21.6. The predicted octanol–water partition coefficient (Wildman–Crippen LogP) is 14.3. The molecule has 6 heteroatoms. The van der Waals surface area contributed by atoms with Crippen molar-refractivity contribution in [3.05, 3.63) is 167 Å². The molecule has 0 saturated carbocycles. The molecule has 2 aliphatic carbocycles. The van der Waals surface area contributed by atoms with Crippen molar-refractivity contribution in [3.63, 3.8) is 0 Å². The van der Waals surface area contributed by atoms with E-state index in [1.54, 1.807) is 11.8 Å². The second-order valence-corrected chi connectivity index (χ2v) is 13.8. The summed E-state index contributed by atoms with van der Waals surface area (Å²) in [4.78, 5) is 2.40. The minimum atomic E-state index is 0.643. The van der Waals surface area contributed by atoms with Crippen molar-refractivity contribution in [3.8, 4) is 6.07 Å². The van der Waals surface area contributed by atoms with E-state index in [0.29, 0.717) is 6.54 Å². The van der Waals surface area contributed by atoms with Gasteiger partial charge in [0.1, 0.15) is 0 Å². The molecule has 0 fully saturated rings. The molecule has 312 valence electrons. The smallest absolute Gasteiger partial charge is 0.0950 e. The fourth-order valence-corrected chi connectivity index (χ4v) is 6.87. The number of allylic oxidation sites excluding steroid dienone is 5. The van der Waals surface area contributed by atoms with Crippen LogP contribution in [0.4, 0.5) is 11.4 Å². The molecule has 0 atom stereocenters. The Bertz CT molecular complexity index is 1800. The molecule has 0 amide bonds. The molecular weight excluding hydrogens is 727 g/mol. The number of nitrogens with one attached hydrogen (secondary N) is 3. The molecule has 58 heavy (non-hydrogen) atoms. The average molecular weight is 800 g/mol. The van der Waals surface area contributed by atoms with Gasteiger partial charge >= 0.3 is 0 Å². The highest BCUT2D eigenvalue weighted by molar-refractivity contribution is 7.99. The van der Waals surface area contributed by atoms with Gasteiger partial charge in [-0.25, -0.2) is 0 Å². The number of nitriles is 1. The first-order valence-corrected chi connectivity index (χ1v) is 22.4. The number of anilines is 2. The van der Waals surface area contributed by atoms with E-state index in [0.717, 1.165) is 74.1 Å². The van der Waals surface area contributed by atoms with Gasteiger partial charge in [-0.3, -0.25) is 0 Å². The summed E-state index contributed by atoms with van der Waals surface area (Å²) in [6, 6.07) is 40.5. The Labute approximate surface area is 358 Å². The van der Waals surface area contributed by atoms with Crippen LogP contribution in [0.5, 0.6) is 0 Å². The van der Waals surface area contributed by atoms with Crippen LogP contribution in [-0.2, 0) is 13.0 Å². The van der Waals surface area contributed by atoms with E-state index < -0.39 is 0 Å². The average Bonchev–Trinajstić information content (AvgIpc) is 3.32. The minimum absolute atomic E-state index is 0.643. The zero-order valence-electron chi connectivity index (χ0n) is 37.1. The Morgan fingerprint density at radius 1 is 0.603 bits per heavy atom. The SMILES string of the molecule is CC.CC.CC.CCCC1=C(CNC2=CC(CNc3ccc(Sc4ccc(NCc5ccccc5)cc4)cc3)=C(C#N)CC2)CCC=C1.CCc1ccccc1.CN. The lowest BCUT2D eigenvalue weighted by Crippen LogP contribution is -2.21. The van der Waals surface area contributed by atoms with Crippen molar-refractivity contribution in [1.82, 2.24) is 5.32 Å². The first kappa shape index (κ1) is 51.1. The van der Waals surface area contributed by atoms with E-state index in [1.807, 2.05) is 53.7 Å². The second kappa shape index (κ2) is 33.1. The van der Waals surface area contributed by atoms with E-state index >= 15 is 0 Å². The summed E-state index contributed by atoms with van der Waals surface area (Å²) in [6.45, 7) is 18.8. The molecule has 0 aliphatic heterocycles. The number of nitrogens with two attached hydrogens (primary N) is 1. The molecule has 6 rings (SSSR count). The quantitative estimate of drug-likeness (QED) is 0.102. The number of nitrogens with zero attached hydrogens (tertiary/aromatic N) is 1. The number of hydrogen-bond acceptors (Lipinski definition) is 6. The molecule has 4 aromatic rings. The van der Waals surface area contributed by atoms with E-state index in [-0.39, 0.29) is 0 Å². The Morgan fingerprint density at radius 2 is 1.14 bits per heavy atom. The second-order valence-electron chi connectivity index (χ2n) is 12.6. The van der Waals surface area contributed by atoms with Crippen LogP contribution in [0.15, 0.2) is 165 Å².